The third-order valence-corrected chi connectivity index (χ3v) is 4.01. The fourth-order valence-corrected chi connectivity index (χ4v) is 2.49. The average Bonchev–Trinajstić information content (AvgIpc) is 3.31. The van der Waals surface area contributed by atoms with Gasteiger partial charge in [0, 0.05) is 11.6 Å². The second-order valence-corrected chi connectivity index (χ2v) is 5.44. The monoisotopic (exact) mass is 241 g/mol. The van der Waals surface area contributed by atoms with Crippen molar-refractivity contribution in [3.05, 3.63) is 41.5 Å². The first-order valence-electron chi connectivity index (χ1n) is 6.48. The molecule has 0 spiro atoms. The van der Waals surface area contributed by atoms with Gasteiger partial charge in [-0.1, -0.05) is 17.3 Å². The zero-order valence-electron chi connectivity index (χ0n) is 10.1. The van der Waals surface area contributed by atoms with Crippen molar-refractivity contribution in [2.24, 2.45) is 0 Å². The molecule has 2 fully saturated rings. The van der Waals surface area contributed by atoms with Crippen LogP contribution in [-0.2, 0) is 5.41 Å². The first-order valence-corrected chi connectivity index (χ1v) is 6.48. The Morgan fingerprint density at radius 1 is 1.17 bits per heavy atom. The summed E-state index contributed by atoms with van der Waals surface area (Å²) in [6, 6.07) is 8.02. The van der Waals surface area contributed by atoms with Gasteiger partial charge in [-0.25, -0.2) is 0 Å². The molecule has 1 heterocycles. The van der Waals surface area contributed by atoms with E-state index in [9.17, 15) is 0 Å². The Morgan fingerprint density at radius 2 is 1.89 bits per heavy atom. The number of anilines is 1. The maximum absolute atomic E-state index is 5.73. The zero-order valence-corrected chi connectivity index (χ0v) is 10.1. The molecule has 0 bridgehead atoms. The normalized spacial score (nSPS) is 20.9. The van der Waals surface area contributed by atoms with Gasteiger partial charge in [0.25, 0.3) is 0 Å². The molecule has 2 N–H and O–H groups in total. The Bertz CT molecular complexity index is 579. The van der Waals surface area contributed by atoms with Crippen LogP contribution in [0.3, 0.4) is 0 Å². The van der Waals surface area contributed by atoms with Crippen LogP contribution in [0.5, 0.6) is 0 Å². The lowest BCUT2D eigenvalue weighted by molar-refractivity contribution is 0.355. The molecule has 0 saturated heterocycles. The third kappa shape index (κ3) is 1.45. The van der Waals surface area contributed by atoms with E-state index in [4.69, 9.17) is 10.3 Å². The first-order chi connectivity index (χ1) is 8.78. The quantitative estimate of drug-likeness (QED) is 0.839. The molecule has 0 amide bonds. The molecule has 2 aromatic rings. The van der Waals surface area contributed by atoms with Gasteiger partial charge in [0.15, 0.2) is 5.82 Å². The molecule has 1 aromatic heterocycles. The highest BCUT2D eigenvalue weighted by atomic mass is 16.5. The van der Waals surface area contributed by atoms with Gasteiger partial charge in [-0.15, -0.1) is 0 Å². The maximum Gasteiger partial charge on any atom is 0.237 e. The van der Waals surface area contributed by atoms with E-state index in [-0.39, 0.29) is 5.41 Å². The molecule has 92 valence electrons. The summed E-state index contributed by atoms with van der Waals surface area (Å²) in [4.78, 5) is 4.60. The first kappa shape index (κ1) is 10.1. The van der Waals surface area contributed by atoms with Crippen LogP contribution in [0.1, 0.15) is 48.9 Å². The van der Waals surface area contributed by atoms with E-state index in [2.05, 4.69) is 22.3 Å². The summed E-state index contributed by atoms with van der Waals surface area (Å²) >= 11 is 0. The van der Waals surface area contributed by atoms with Crippen molar-refractivity contribution in [2.75, 3.05) is 5.73 Å². The van der Waals surface area contributed by atoms with E-state index in [0.29, 0.717) is 5.92 Å². The molecular formula is C14H15N3O. The van der Waals surface area contributed by atoms with Gasteiger partial charge >= 0.3 is 0 Å². The van der Waals surface area contributed by atoms with Crippen LogP contribution in [0, 0.1) is 0 Å². The summed E-state index contributed by atoms with van der Waals surface area (Å²) in [7, 11) is 0. The summed E-state index contributed by atoms with van der Waals surface area (Å²) in [6.07, 6.45) is 4.58. The van der Waals surface area contributed by atoms with Crippen molar-refractivity contribution in [1.29, 1.82) is 0 Å². The van der Waals surface area contributed by atoms with Crippen molar-refractivity contribution in [2.45, 2.75) is 37.0 Å². The van der Waals surface area contributed by atoms with E-state index in [1.54, 1.807) is 0 Å². The van der Waals surface area contributed by atoms with Crippen LogP contribution in [-0.4, -0.2) is 10.1 Å². The Balaban J connectivity index is 1.71. The molecule has 0 unspecified atom stereocenters. The van der Waals surface area contributed by atoms with Crippen LogP contribution >= 0.6 is 0 Å². The highest BCUT2D eigenvalue weighted by Gasteiger charge is 2.51. The van der Waals surface area contributed by atoms with Crippen molar-refractivity contribution in [3.8, 4) is 0 Å². The predicted molar refractivity (Wildman–Crippen MR) is 67.1 cm³/mol. The van der Waals surface area contributed by atoms with E-state index < -0.39 is 0 Å². The fourth-order valence-electron chi connectivity index (χ4n) is 2.49. The van der Waals surface area contributed by atoms with Crippen molar-refractivity contribution >= 4 is 5.69 Å². The molecule has 0 radical (unpaired) electrons. The highest BCUT2D eigenvalue weighted by Crippen LogP contribution is 2.53. The summed E-state index contributed by atoms with van der Waals surface area (Å²) in [6.45, 7) is 0. The number of rotatable bonds is 3. The summed E-state index contributed by atoms with van der Waals surface area (Å²) < 4.78 is 5.49. The van der Waals surface area contributed by atoms with Crippen LogP contribution < -0.4 is 5.73 Å². The van der Waals surface area contributed by atoms with Gasteiger partial charge in [0.2, 0.25) is 5.89 Å². The topological polar surface area (TPSA) is 64.9 Å². The molecule has 2 saturated carbocycles. The lowest BCUT2D eigenvalue weighted by Gasteiger charge is -2.10. The number of aromatic nitrogens is 2. The molecule has 4 nitrogen and oxygen atoms in total. The Kier molecular flexibility index (Phi) is 1.88. The Labute approximate surface area is 105 Å². The van der Waals surface area contributed by atoms with Crippen molar-refractivity contribution in [3.63, 3.8) is 0 Å². The molecule has 2 aliphatic rings. The van der Waals surface area contributed by atoms with Gasteiger partial charge in [-0.3, -0.25) is 0 Å². The summed E-state index contributed by atoms with van der Waals surface area (Å²) in [5.74, 6) is 2.23. The van der Waals surface area contributed by atoms with E-state index in [1.165, 1.54) is 18.4 Å². The van der Waals surface area contributed by atoms with Gasteiger partial charge < -0.3 is 10.3 Å². The SMILES string of the molecule is Nc1ccc(C2(c3nc(C4CC4)no3)CC2)cc1. The van der Waals surface area contributed by atoms with Gasteiger partial charge in [-0.2, -0.15) is 4.98 Å². The van der Waals surface area contributed by atoms with Gasteiger partial charge in [0.05, 0.1) is 5.41 Å². The van der Waals surface area contributed by atoms with Crippen molar-refractivity contribution in [1.82, 2.24) is 10.1 Å². The van der Waals surface area contributed by atoms with Crippen LogP contribution in [0.25, 0.3) is 0 Å². The molecular weight excluding hydrogens is 226 g/mol. The Morgan fingerprint density at radius 3 is 2.50 bits per heavy atom. The summed E-state index contributed by atoms with van der Waals surface area (Å²) in [5, 5.41) is 4.12. The average molecular weight is 241 g/mol. The number of nitrogen functional groups attached to an aromatic ring is 1. The lowest BCUT2D eigenvalue weighted by atomic mass is 9.96. The second kappa shape index (κ2) is 3.34. The van der Waals surface area contributed by atoms with E-state index >= 15 is 0 Å². The van der Waals surface area contributed by atoms with E-state index in [0.717, 1.165) is 30.2 Å². The second-order valence-electron chi connectivity index (χ2n) is 5.44. The van der Waals surface area contributed by atoms with E-state index in [1.807, 2.05) is 12.1 Å². The minimum Gasteiger partial charge on any atom is -0.399 e. The standard InChI is InChI=1S/C14H15N3O/c15-11-5-3-10(4-6-11)14(7-8-14)13-16-12(17-18-13)9-1-2-9/h3-6,9H,1-2,7-8,15H2. The molecule has 0 atom stereocenters. The van der Waals surface area contributed by atoms with Gasteiger partial charge in [0.1, 0.15) is 0 Å². The number of hydrogen-bond donors (Lipinski definition) is 1. The predicted octanol–water partition coefficient (Wildman–Crippen LogP) is 2.61. The molecule has 2 aliphatic carbocycles. The highest BCUT2D eigenvalue weighted by molar-refractivity contribution is 5.46. The lowest BCUT2D eigenvalue weighted by Crippen LogP contribution is -2.09. The molecule has 1 aromatic carbocycles. The largest absolute Gasteiger partial charge is 0.399 e. The molecule has 18 heavy (non-hydrogen) atoms. The summed E-state index contributed by atoms with van der Waals surface area (Å²) in [5.41, 5.74) is 7.72. The van der Waals surface area contributed by atoms with Crippen molar-refractivity contribution < 1.29 is 4.52 Å². The smallest absolute Gasteiger partial charge is 0.237 e. The van der Waals surface area contributed by atoms with Crippen LogP contribution in [0.4, 0.5) is 5.69 Å². The molecule has 0 aliphatic heterocycles. The minimum absolute atomic E-state index is 0.0339. The molecule has 4 heteroatoms. The van der Waals surface area contributed by atoms with Gasteiger partial charge in [-0.05, 0) is 43.4 Å². The van der Waals surface area contributed by atoms with Crippen LogP contribution in [0.15, 0.2) is 28.8 Å². The number of nitrogens with zero attached hydrogens (tertiary/aromatic N) is 2. The fraction of sp³-hybridized carbons (Fsp3) is 0.429. The Hall–Kier alpha value is -1.84. The maximum atomic E-state index is 5.73. The number of nitrogens with two attached hydrogens (primary N) is 1. The number of hydrogen-bond acceptors (Lipinski definition) is 4. The minimum atomic E-state index is -0.0339. The zero-order chi connectivity index (χ0) is 12.2. The molecule has 4 rings (SSSR count). The van der Waals surface area contributed by atoms with Crippen LogP contribution in [0.2, 0.25) is 0 Å². The third-order valence-electron chi connectivity index (χ3n) is 4.01. The number of benzene rings is 1.